The van der Waals surface area contributed by atoms with Gasteiger partial charge in [0.1, 0.15) is 5.41 Å². The van der Waals surface area contributed by atoms with E-state index in [2.05, 4.69) is 26.6 Å². The first-order valence-corrected chi connectivity index (χ1v) is 8.53. The summed E-state index contributed by atoms with van der Waals surface area (Å²) in [5.74, 6) is -0.671. The zero-order valence-corrected chi connectivity index (χ0v) is 15.6. The van der Waals surface area contributed by atoms with Gasteiger partial charge in [-0.15, -0.1) is 0 Å². The highest BCUT2D eigenvalue weighted by Crippen LogP contribution is 2.25. The van der Waals surface area contributed by atoms with Gasteiger partial charge in [-0.25, -0.2) is 0 Å². The number of anilines is 1. The Morgan fingerprint density at radius 1 is 0.958 bits per heavy atom. The van der Waals surface area contributed by atoms with E-state index in [0.717, 1.165) is 10.0 Å². The molecule has 0 bridgehead atoms. The van der Waals surface area contributed by atoms with E-state index >= 15 is 0 Å². The molecule has 0 heterocycles. The number of para-hydroxylation sites is 1. The van der Waals surface area contributed by atoms with Crippen LogP contribution in [0.25, 0.3) is 0 Å². The second-order valence-electron chi connectivity index (χ2n) is 6.16. The fraction of sp³-hybridized carbons (Fsp3) is 0.263. The molecular weight excluding hydrogens is 368 g/mol. The van der Waals surface area contributed by atoms with E-state index in [4.69, 9.17) is 0 Å². The molecule has 0 aliphatic heterocycles. The van der Waals surface area contributed by atoms with Crippen molar-refractivity contribution in [2.75, 3.05) is 5.32 Å². The van der Waals surface area contributed by atoms with Gasteiger partial charge in [-0.1, -0.05) is 42.5 Å². The second kappa shape index (κ2) is 7.62. The molecule has 24 heavy (non-hydrogen) atoms. The van der Waals surface area contributed by atoms with Crippen molar-refractivity contribution in [3.05, 3.63) is 64.6 Å². The number of carbonyl (C=O) groups excluding carboxylic acids is 2. The fourth-order valence-electron chi connectivity index (χ4n) is 2.15. The van der Waals surface area contributed by atoms with E-state index in [-0.39, 0.29) is 17.9 Å². The molecule has 5 heteroatoms. The fourth-order valence-corrected chi connectivity index (χ4v) is 2.53. The zero-order chi connectivity index (χ0) is 17.7. The van der Waals surface area contributed by atoms with Crippen molar-refractivity contribution in [3.8, 4) is 0 Å². The van der Waals surface area contributed by atoms with Crippen LogP contribution in [-0.2, 0) is 9.59 Å². The Hall–Kier alpha value is -2.14. The van der Waals surface area contributed by atoms with E-state index < -0.39 is 5.41 Å². The molecular formula is C19H21BrN2O2. The van der Waals surface area contributed by atoms with Gasteiger partial charge in [0.15, 0.2) is 0 Å². The molecule has 2 N–H and O–H groups in total. The minimum absolute atomic E-state index is 0.172. The van der Waals surface area contributed by atoms with Crippen LogP contribution in [0.3, 0.4) is 0 Å². The lowest BCUT2D eigenvalue weighted by molar-refractivity contribution is -0.138. The molecule has 2 amide bonds. The quantitative estimate of drug-likeness (QED) is 0.750. The lowest BCUT2D eigenvalue weighted by Crippen LogP contribution is -2.45. The van der Waals surface area contributed by atoms with Crippen LogP contribution in [-0.4, -0.2) is 11.8 Å². The first-order chi connectivity index (χ1) is 11.3. The highest BCUT2D eigenvalue weighted by molar-refractivity contribution is 9.10. The minimum atomic E-state index is -1.20. The predicted octanol–water partition coefficient (Wildman–Crippen LogP) is 4.29. The summed E-state index contributed by atoms with van der Waals surface area (Å²) in [5.41, 5.74) is 0.436. The van der Waals surface area contributed by atoms with E-state index in [1.807, 2.05) is 55.5 Å². The Bertz CT molecular complexity index is 729. The number of hydrogen-bond acceptors (Lipinski definition) is 2. The normalized spacial score (nSPS) is 12.3. The molecule has 2 aromatic rings. The van der Waals surface area contributed by atoms with Crippen LogP contribution < -0.4 is 10.6 Å². The van der Waals surface area contributed by atoms with Gasteiger partial charge >= 0.3 is 0 Å². The van der Waals surface area contributed by atoms with Gasteiger partial charge in [0.25, 0.3) is 0 Å². The Labute approximate surface area is 150 Å². The molecule has 0 radical (unpaired) electrons. The van der Waals surface area contributed by atoms with Gasteiger partial charge in [0.2, 0.25) is 11.8 Å². The Morgan fingerprint density at radius 3 is 2.17 bits per heavy atom. The number of hydrogen-bond donors (Lipinski definition) is 2. The number of rotatable bonds is 5. The molecule has 4 nitrogen and oxygen atoms in total. The molecule has 0 fully saturated rings. The third kappa shape index (κ3) is 4.23. The van der Waals surface area contributed by atoms with Crippen molar-refractivity contribution in [3.63, 3.8) is 0 Å². The summed E-state index contributed by atoms with van der Waals surface area (Å²) < 4.78 is 0.771. The van der Waals surface area contributed by atoms with E-state index in [0.29, 0.717) is 5.69 Å². The van der Waals surface area contributed by atoms with Crippen molar-refractivity contribution in [1.82, 2.24) is 5.32 Å². The van der Waals surface area contributed by atoms with Crippen molar-refractivity contribution in [2.45, 2.75) is 26.8 Å². The van der Waals surface area contributed by atoms with E-state index in [9.17, 15) is 9.59 Å². The third-order valence-corrected chi connectivity index (χ3v) is 4.60. The van der Waals surface area contributed by atoms with Crippen LogP contribution >= 0.6 is 15.9 Å². The number of carbonyl (C=O) groups is 2. The maximum Gasteiger partial charge on any atom is 0.239 e. The van der Waals surface area contributed by atoms with Crippen LogP contribution in [0.15, 0.2) is 59.1 Å². The summed E-state index contributed by atoms with van der Waals surface area (Å²) >= 11 is 3.38. The van der Waals surface area contributed by atoms with Gasteiger partial charge in [-0.2, -0.15) is 0 Å². The zero-order valence-electron chi connectivity index (χ0n) is 14.0. The van der Waals surface area contributed by atoms with Gasteiger partial charge in [-0.3, -0.25) is 9.59 Å². The third-order valence-electron chi connectivity index (χ3n) is 3.90. The van der Waals surface area contributed by atoms with Gasteiger partial charge in [-0.05, 0) is 54.4 Å². The molecule has 0 aliphatic carbocycles. The molecule has 2 rings (SSSR count). The van der Waals surface area contributed by atoms with Crippen molar-refractivity contribution in [2.24, 2.45) is 5.41 Å². The minimum Gasteiger partial charge on any atom is -0.349 e. The highest BCUT2D eigenvalue weighted by atomic mass is 79.9. The number of benzene rings is 2. The average Bonchev–Trinajstić information content (AvgIpc) is 2.57. The molecule has 1 atom stereocenters. The monoisotopic (exact) mass is 388 g/mol. The van der Waals surface area contributed by atoms with Gasteiger partial charge in [0, 0.05) is 4.47 Å². The second-order valence-corrected chi connectivity index (χ2v) is 7.02. The molecule has 0 spiro atoms. The molecule has 0 saturated heterocycles. The van der Waals surface area contributed by atoms with Crippen LogP contribution in [0.1, 0.15) is 32.4 Å². The maximum atomic E-state index is 12.6. The molecule has 126 valence electrons. The van der Waals surface area contributed by atoms with Crippen LogP contribution in [0.2, 0.25) is 0 Å². The predicted molar refractivity (Wildman–Crippen MR) is 99.6 cm³/mol. The van der Waals surface area contributed by atoms with Gasteiger partial charge in [0.05, 0.1) is 11.7 Å². The standard InChI is InChI=1S/C19H21BrN2O2/c1-13(14-9-5-4-6-10-14)21-17(23)19(2,3)18(24)22-16-12-8-7-11-15(16)20/h4-13H,1-3H3,(H,21,23)(H,22,24). The number of halogens is 1. The largest absolute Gasteiger partial charge is 0.349 e. The van der Waals surface area contributed by atoms with Gasteiger partial charge < -0.3 is 10.6 Å². The average molecular weight is 389 g/mol. The van der Waals surface area contributed by atoms with E-state index in [1.54, 1.807) is 19.9 Å². The first-order valence-electron chi connectivity index (χ1n) is 7.74. The lowest BCUT2D eigenvalue weighted by Gasteiger charge is -2.25. The van der Waals surface area contributed by atoms with Crippen molar-refractivity contribution < 1.29 is 9.59 Å². The van der Waals surface area contributed by atoms with Crippen LogP contribution in [0.5, 0.6) is 0 Å². The molecule has 0 saturated carbocycles. The summed E-state index contributed by atoms with van der Waals surface area (Å²) in [6.07, 6.45) is 0. The maximum absolute atomic E-state index is 12.6. The number of amides is 2. The summed E-state index contributed by atoms with van der Waals surface area (Å²) in [6, 6.07) is 16.8. The van der Waals surface area contributed by atoms with Crippen molar-refractivity contribution in [1.29, 1.82) is 0 Å². The molecule has 0 aliphatic rings. The molecule has 2 aromatic carbocycles. The van der Waals surface area contributed by atoms with Crippen molar-refractivity contribution >= 4 is 33.4 Å². The lowest BCUT2D eigenvalue weighted by atomic mass is 9.90. The summed E-state index contributed by atoms with van der Waals surface area (Å²) in [7, 11) is 0. The van der Waals surface area contributed by atoms with Crippen LogP contribution in [0.4, 0.5) is 5.69 Å². The smallest absolute Gasteiger partial charge is 0.239 e. The highest BCUT2D eigenvalue weighted by Gasteiger charge is 2.37. The SMILES string of the molecule is CC(NC(=O)C(C)(C)C(=O)Nc1ccccc1Br)c1ccccc1. The number of nitrogens with one attached hydrogen (secondary N) is 2. The van der Waals surface area contributed by atoms with Crippen LogP contribution in [0, 0.1) is 5.41 Å². The summed E-state index contributed by atoms with van der Waals surface area (Å²) in [6.45, 7) is 5.13. The Kier molecular flexibility index (Phi) is 5.78. The molecule has 1 unspecified atom stereocenters. The topological polar surface area (TPSA) is 58.2 Å². The summed E-state index contributed by atoms with van der Waals surface area (Å²) in [4.78, 5) is 25.1. The van der Waals surface area contributed by atoms with E-state index in [1.165, 1.54) is 0 Å². The Morgan fingerprint density at radius 2 is 1.54 bits per heavy atom. The Balaban J connectivity index is 2.07. The first kappa shape index (κ1) is 18.2. The molecule has 0 aromatic heterocycles. The summed E-state index contributed by atoms with van der Waals surface area (Å²) in [5, 5.41) is 5.70.